The van der Waals surface area contributed by atoms with Crippen molar-refractivity contribution in [2.45, 2.75) is 20.4 Å². The van der Waals surface area contributed by atoms with Crippen molar-refractivity contribution >= 4 is 50.5 Å². The van der Waals surface area contributed by atoms with Crippen LogP contribution in [0.4, 0.5) is 5.69 Å². The number of aromatic nitrogens is 2. The van der Waals surface area contributed by atoms with Gasteiger partial charge in [-0.3, -0.25) is 19.0 Å². The van der Waals surface area contributed by atoms with E-state index in [2.05, 4.69) is 10.3 Å². The topological polar surface area (TPSA) is 81.1 Å². The zero-order valence-electron chi connectivity index (χ0n) is 16.8. The first kappa shape index (κ1) is 21.0. The van der Waals surface area contributed by atoms with Gasteiger partial charge in [-0.2, -0.15) is 0 Å². The van der Waals surface area contributed by atoms with Crippen LogP contribution in [0.5, 0.6) is 0 Å². The predicted molar refractivity (Wildman–Crippen MR) is 123 cm³/mol. The quantitative estimate of drug-likeness (QED) is 0.450. The molecule has 2 heterocycles. The molecular weight excluding hydrogens is 434 g/mol. The molecule has 31 heavy (non-hydrogen) atoms. The number of carbonyl (C=O) groups excluding carboxylic acids is 2. The molecule has 0 unspecified atom stereocenters. The van der Waals surface area contributed by atoms with Crippen LogP contribution in [0.1, 0.15) is 26.6 Å². The summed E-state index contributed by atoms with van der Waals surface area (Å²) in [6, 6.07) is 15.2. The number of halogens is 1. The summed E-state index contributed by atoms with van der Waals surface area (Å²) in [6.07, 6.45) is 0. The van der Waals surface area contributed by atoms with Crippen molar-refractivity contribution in [2.75, 3.05) is 5.32 Å². The Bertz CT molecular complexity index is 1380. The number of ketones is 1. The van der Waals surface area contributed by atoms with E-state index in [4.69, 9.17) is 11.6 Å². The minimum Gasteiger partial charge on any atom is -0.324 e. The minimum absolute atomic E-state index is 0.218. The van der Waals surface area contributed by atoms with Crippen LogP contribution in [0.3, 0.4) is 0 Å². The lowest BCUT2D eigenvalue weighted by atomic mass is 10.0. The number of nitrogens with zero attached hydrogens (tertiary/aromatic N) is 2. The molecular formula is C23H18ClN3O3S. The second-order valence-corrected chi connectivity index (χ2v) is 8.73. The molecule has 8 heteroatoms. The summed E-state index contributed by atoms with van der Waals surface area (Å²) in [6.45, 7) is 3.38. The van der Waals surface area contributed by atoms with Gasteiger partial charge in [-0.25, -0.2) is 4.98 Å². The lowest BCUT2D eigenvalue weighted by Gasteiger charge is -2.13. The molecule has 0 bridgehead atoms. The van der Waals surface area contributed by atoms with Gasteiger partial charge < -0.3 is 5.32 Å². The Kier molecular flexibility index (Phi) is 5.71. The number of aryl methyl sites for hydroxylation is 2. The molecule has 156 valence electrons. The molecule has 1 amide bonds. The molecule has 1 N–H and O–H groups in total. The third-order valence-electron chi connectivity index (χ3n) is 4.80. The molecule has 2 aromatic heterocycles. The number of rotatable bonds is 5. The highest BCUT2D eigenvalue weighted by Gasteiger charge is 2.18. The Morgan fingerprint density at radius 3 is 2.58 bits per heavy atom. The summed E-state index contributed by atoms with van der Waals surface area (Å²) >= 11 is 7.54. The lowest BCUT2D eigenvalue weighted by Crippen LogP contribution is -2.30. The van der Waals surface area contributed by atoms with E-state index in [1.54, 1.807) is 49.4 Å². The largest absolute Gasteiger partial charge is 0.324 e. The van der Waals surface area contributed by atoms with Crippen molar-refractivity contribution in [3.8, 4) is 0 Å². The van der Waals surface area contributed by atoms with Crippen molar-refractivity contribution in [3.63, 3.8) is 0 Å². The molecule has 0 spiro atoms. The van der Waals surface area contributed by atoms with Gasteiger partial charge in [-0.1, -0.05) is 41.9 Å². The van der Waals surface area contributed by atoms with Crippen LogP contribution in [-0.4, -0.2) is 21.2 Å². The normalized spacial score (nSPS) is 10.9. The molecule has 2 aromatic carbocycles. The van der Waals surface area contributed by atoms with E-state index >= 15 is 0 Å². The average Bonchev–Trinajstić information content (AvgIpc) is 3.12. The van der Waals surface area contributed by atoms with Crippen molar-refractivity contribution in [1.29, 1.82) is 0 Å². The van der Waals surface area contributed by atoms with E-state index < -0.39 is 5.91 Å². The number of thiophene rings is 1. The maximum Gasteiger partial charge on any atom is 0.262 e. The van der Waals surface area contributed by atoms with Gasteiger partial charge in [0.15, 0.2) is 5.78 Å². The van der Waals surface area contributed by atoms with Crippen molar-refractivity contribution in [1.82, 2.24) is 9.55 Å². The van der Waals surface area contributed by atoms with Crippen molar-refractivity contribution in [2.24, 2.45) is 0 Å². The van der Waals surface area contributed by atoms with Crippen LogP contribution in [-0.2, 0) is 11.3 Å². The van der Waals surface area contributed by atoms with E-state index in [0.717, 1.165) is 4.88 Å². The fourth-order valence-corrected chi connectivity index (χ4v) is 4.40. The number of hydrogen-bond acceptors (Lipinski definition) is 5. The first-order valence-corrected chi connectivity index (χ1v) is 10.7. The van der Waals surface area contributed by atoms with E-state index in [9.17, 15) is 14.4 Å². The van der Waals surface area contributed by atoms with Gasteiger partial charge in [0.25, 0.3) is 5.56 Å². The lowest BCUT2D eigenvalue weighted by molar-refractivity contribution is -0.116. The number of nitrogens with one attached hydrogen (secondary N) is 1. The molecule has 0 aliphatic heterocycles. The maximum atomic E-state index is 12.9. The summed E-state index contributed by atoms with van der Waals surface area (Å²) in [4.78, 5) is 44.6. The minimum atomic E-state index is -0.442. The first-order chi connectivity index (χ1) is 14.8. The smallest absolute Gasteiger partial charge is 0.262 e. The molecule has 0 saturated carbocycles. The fraction of sp³-hybridized carbons (Fsp3) is 0.130. The van der Waals surface area contributed by atoms with Crippen LogP contribution in [0.2, 0.25) is 5.02 Å². The molecule has 0 aliphatic rings. The van der Waals surface area contributed by atoms with E-state index in [0.29, 0.717) is 32.3 Å². The van der Waals surface area contributed by atoms with Crippen molar-refractivity contribution < 1.29 is 9.59 Å². The highest BCUT2D eigenvalue weighted by Crippen LogP contribution is 2.24. The van der Waals surface area contributed by atoms with Gasteiger partial charge in [0.2, 0.25) is 5.91 Å². The van der Waals surface area contributed by atoms with Gasteiger partial charge in [0, 0.05) is 21.0 Å². The molecule has 4 rings (SSSR count). The van der Waals surface area contributed by atoms with E-state index in [-0.39, 0.29) is 23.5 Å². The molecule has 0 radical (unpaired) electrons. The Morgan fingerprint density at radius 1 is 1.10 bits per heavy atom. The molecule has 0 fully saturated rings. The predicted octanol–water partition coefficient (Wildman–Crippen LogP) is 4.60. The van der Waals surface area contributed by atoms with Gasteiger partial charge in [0.1, 0.15) is 17.2 Å². The van der Waals surface area contributed by atoms with Gasteiger partial charge in [0.05, 0.1) is 11.1 Å². The highest BCUT2D eigenvalue weighted by molar-refractivity contribution is 7.18. The van der Waals surface area contributed by atoms with Gasteiger partial charge in [-0.05, 0) is 38.1 Å². The molecule has 0 atom stereocenters. The number of anilines is 1. The number of carbonyl (C=O) groups is 2. The summed E-state index contributed by atoms with van der Waals surface area (Å²) in [5.41, 5.74) is 0.820. The number of benzene rings is 2. The third-order valence-corrected chi connectivity index (χ3v) is 5.98. The van der Waals surface area contributed by atoms with Gasteiger partial charge in [-0.15, -0.1) is 11.3 Å². The first-order valence-electron chi connectivity index (χ1n) is 9.50. The zero-order chi connectivity index (χ0) is 22.1. The number of fused-ring (bicyclic) bond motifs is 1. The molecule has 0 saturated heterocycles. The third kappa shape index (κ3) is 4.28. The highest BCUT2D eigenvalue weighted by atomic mass is 35.5. The van der Waals surface area contributed by atoms with E-state index in [1.165, 1.54) is 22.0 Å². The van der Waals surface area contributed by atoms with Crippen LogP contribution >= 0.6 is 22.9 Å². The maximum absolute atomic E-state index is 12.9. The van der Waals surface area contributed by atoms with Crippen molar-refractivity contribution in [3.05, 3.63) is 91.8 Å². The van der Waals surface area contributed by atoms with Crippen LogP contribution in [0.25, 0.3) is 10.2 Å². The molecule has 6 nitrogen and oxygen atoms in total. The summed E-state index contributed by atoms with van der Waals surface area (Å²) < 4.78 is 1.33. The zero-order valence-corrected chi connectivity index (χ0v) is 18.4. The Labute approximate surface area is 187 Å². The average molecular weight is 452 g/mol. The Morgan fingerprint density at radius 2 is 1.84 bits per heavy atom. The molecule has 4 aromatic rings. The van der Waals surface area contributed by atoms with Crippen LogP contribution < -0.4 is 10.9 Å². The van der Waals surface area contributed by atoms with E-state index in [1.807, 2.05) is 13.0 Å². The van der Waals surface area contributed by atoms with Crippen LogP contribution in [0.15, 0.2) is 59.4 Å². The van der Waals surface area contributed by atoms with Crippen LogP contribution in [0, 0.1) is 13.8 Å². The monoisotopic (exact) mass is 451 g/mol. The number of amides is 1. The molecule has 0 aliphatic carbocycles. The summed E-state index contributed by atoms with van der Waals surface area (Å²) in [5.74, 6) is -0.252. The Hall–Kier alpha value is -3.29. The SMILES string of the molecule is Cc1cc2c(=O)n(CC(=O)Nc3ccc(Cl)cc3C(=O)c3ccccc3)c(C)nc2s1. The Balaban J connectivity index is 1.64. The van der Waals surface area contributed by atoms with Gasteiger partial charge >= 0.3 is 0 Å². The summed E-state index contributed by atoms with van der Waals surface area (Å²) in [7, 11) is 0. The fourth-order valence-electron chi connectivity index (χ4n) is 3.32. The standard InChI is InChI=1S/C23H18ClN3O3S/c1-13-10-18-22(31-13)25-14(2)27(23(18)30)12-20(28)26-19-9-8-16(24)11-17(19)21(29)15-6-4-3-5-7-15/h3-11H,12H2,1-2H3,(H,26,28). The number of hydrogen-bond donors (Lipinski definition) is 1. The second kappa shape index (κ2) is 8.45. The second-order valence-electron chi connectivity index (χ2n) is 7.06. The summed E-state index contributed by atoms with van der Waals surface area (Å²) in [5, 5.41) is 3.62.